The van der Waals surface area contributed by atoms with Gasteiger partial charge in [0, 0.05) is 104 Å². The molecule has 0 aliphatic carbocycles. The molecule has 0 spiro atoms. The van der Waals surface area contributed by atoms with Crippen LogP contribution in [0.5, 0.6) is 11.5 Å². The molecule has 4 aliphatic heterocycles. The van der Waals surface area contributed by atoms with E-state index in [-0.39, 0.29) is 56.3 Å². The minimum absolute atomic E-state index is 0. The summed E-state index contributed by atoms with van der Waals surface area (Å²) in [5.74, 6) is -1.57. The smallest absolute Gasteiger partial charge is 0.480 e. The number of hydrogen-bond acceptors (Lipinski definition) is 19. The van der Waals surface area contributed by atoms with Crippen LogP contribution in [0.3, 0.4) is 0 Å². The van der Waals surface area contributed by atoms with Crippen LogP contribution in [0, 0.1) is 0 Å². The van der Waals surface area contributed by atoms with Crippen molar-refractivity contribution in [1.29, 1.82) is 1.45 Å². The summed E-state index contributed by atoms with van der Waals surface area (Å²) in [4.78, 5) is 119. The molecule has 10 rings (SSSR count). The number of likely N-dealkylation sites (N-methyl/N-ethyl adjacent to an activating group) is 4. The Bertz CT molecular complexity index is 4240. The molecular formula is C92H132Cl4F8N14O13. The van der Waals surface area contributed by atoms with Gasteiger partial charge in [0.25, 0.3) is 1.45 Å². The fourth-order valence-electron chi connectivity index (χ4n) is 12.9. The number of alkyl halides is 10. The van der Waals surface area contributed by atoms with Crippen LogP contribution in [-0.2, 0) is 59.6 Å². The second kappa shape index (κ2) is 63.5. The number of isocyanates is 1. The number of carbonyl (C=O) groups excluding carboxylic acids is 7. The molecule has 732 valence electrons. The number of aliphatic carboxylic acids is 1. The van der Waals surface area contributed by atoms with E-state index in [2.05, 4.69) is 97.1 Å². The van der Waals surface area contributed by atoms with Gasteiger partial charge in [-0.25, -0.2) is 24.0 Å². The van der Waals surface area contributed by atoms with E-state index in [1.54, 1.807) is 30.6 Å². The molecule has 4 saturated heterocycles. The normalized spacial score (nSPS) is 15.5. The number of aliphatic imine (C=N–C) groups is 1. The SMILES string of the molecule is CC(C)(C)OC(=O)N1CCC[C@H]1C(=O)O.CN(C)CCN(Cc1ccccc1)C(=O)[C@@H]1CCCN1.CN(C)CCN(Cc1ccccc1)C(=O)[C@@H]1CCCN1C(=O)Nc1ccc(OC(F)(F)F)cc1.CN(C)CCN(Cc1ccccc1)C(=O)[C@@H]1CCCN1C(=O)OC(C)(C)C.CN(C)CCNCc1ccccc1.ClCCl.ClCCl.F.O=C=Nc1ccc(OC(F)(F)F)cc1.[3H]F. The number of ether oxygens (including phenoxy) is 4. The van der Waals surface area contributed by atoms with Crippen molar-refractivity contribution in [3.63, 3.8) is 0 Å². The van der Waals surface area contributed by atoms with Crippen LogP contribution in [0.15, 0.2) is 175 Å². The third-order valence-corrected chi connectivity index (χ3v) is 19.0. The summed E-state index contributed by atoms with van der Waals surface area (Å²) in [6.07, 6.45) is -3.12. The average molecular weight is 1940 g/mol. The molecule has 4 fully saturated rings. The number of anilines is 1. The maximum Gasteiger partial charge on any atom is 0.573 e. The topological polar surface area (TPSA) is 275 Å². The molecule has 4 heterocycles. The molecule has 4 aliphatic rings. The molecule has 4 N–H and O–H groups in total. The number of rotatable bonds is 28. The molecular weight excluding hydrogens is 1800 g/mol. The predicted octanol–water partition coefficient (Wildman–Crippen LogP) is 17.0. The van der Waals surface area contributed by atoms with Crippen LogP contribution in [0.25, 0.3) is 0 Å². The van der Waals surface area contributed by atoms with Gasteiger partial charge in [0.15, 0.2) is 0 Å². The molecule has 6 aromatic rings. The molecule has 0 unspecified atom stereocenters. The van der Waals surface area contributed by atoms with E-state index in [1.165, 1.54) is 51.3 Å². The van der Waals surface area contributed by atoms with E-state index < -0.39 is 66.2 Å². The van der Waals surface area contributed by atoms with Gasteiger partial charge in [-0.3, -0.25) is 33.6 Å². The number of benzene rings is 6. The minimum atomic E-state index is -4.79. The van der Waals surface area contributed by atoms with Gasteiger partial charge in [-0.05, 0) is 227 Å². The highest BCUT2D eigenvalue weighted by Crippen LogP contribution is 2.30. The highest BCUT2D eigenvalue weighted by atomic mass is 35.5. The zero-order chi connectivity index (χ0) is 98.3. The molecule has 4 atom stereocenters. The number of amides is 7. The molecule has 0 aromatic heterocycles. The summed E-state index contributed by atoms with van der Waals surface area (Å²) in [5.41, 5.74) is 4.01. The van der Waals surface area contributed by atoms with E-state index in [0.717, 1.165) is 107 Å². The minimum Gasteiger partial charge on any atom is -0.480 e. The van der Waals surface area contributed by atoms with Crippen LogP contribution in [0.2, 0.25) is 0 Å². The number of carboxylic acids is 1. The first-order valence-electron chi connectivity index (χ1n) is 42.7. The Morgan fingerprint density at radius 3 is 1.15 bits per heavy atom. The van der Waals surface area contributed by atoms with E-state index in [9.17, 15) is 64.7 Å². The lowest BCUT2D eigenvalue weighted by molar-refractivity contribution is -0.275. The standard InChI is InChI=1S/C24H29F3N4O3.C21H33N3O3.C16H25N3O.C11H18N2.C10H17NO4.C8H4F3NO2.2CH2Cl2.2FH/c1-29(2)15-16-30(17-18-7-4-3-5-8-18)22(32)21-9-6-14-31(21)23(33)28-19-10-12-20(13-11-19)34-24(25,26)27;1-21(2,3)27-20(26)24-13-9-12-18(24)19(25)23(15-14-22(4)5)16-17-10-7-6-8-11-17;1-18(2)11-12-19(13-14-7-4-3-5-8-14)16(20)15-9-6-10-17-15;1-13(2)9-8-12-10-11-6-4-3-5-7-11;1-10(2,3)15-9(14)11-6-4-5-7(11)8(12)13;9-8(10,11)14-7-3-1-6(2-4-7)12-5-13;2*2-1-3;;/h3-5,7-8,10-13,21H,6,9,14-17H2,1-2H3,(H,28,33);6-8,10-11,18H,9,12-16H2,1-5H3;3-5,7-8,15,17H,6,9-13H2,1-2H3;3-7,12H,8-10H2,1-2H3;7H,4-6H2,1-3H3,(H,12,13);1-4H;2*1H2;2*1H/t21-;18-;15-;;7-;;;;;/m000.0...../s1/i/hT. The highest BCUT2D eigenvalue weighted by Gasteiger charge is 2.41. The maximum absolute atomic E-state index is 13.5. The number of likely N-dealkylation sites (tertiary alicyclic amines) is 3. The maximum atomic E-state index is 13.5. The van der Waals surface area contributed by atoms with Gasteiger partial charge in [0.1, 0.15) is 40.8 Å². The number of nitrogens with zero attached hydrogens (tertiary/aromatic N) is 11. The number of carbonyl (C=O) groups is 7. The largest absolute Gasteiger partial charge is 0.573 e. The Kier molecular flexibility index (Phi) is 56.9. The Balaban J connectivity index is 0.000000803. The van der Waals surface area contributed by atoms with Crippen molar-refractivity contribution in [3.8, 4) is 11.5 Å². The summed E-state index contributed by atoms with van der Waals surface area (Å²) >= 11 is 19.1. The number of urea groups is 1. The van der Waals surface area contributed by atoms with Gasteiger partial charge in [-0.2, -0.15) is 4.99 Å². The van der Waals surface area contributed by atoms with Crippen molar-refractivity contribution >= 4 is 106 Å². The van der Waals surface area contributed by atoms with Crippen LogP contribution in [-0.4, -0.2) is 297 Å². The molecule has 131 heavy (non-hydrogen) atoms. The zero-order valence-electron chi connectivity index (χ0n) is 78.2. The van der Waals surface area contributed by atoms with E-state index in [0.29, 0.717) is 90.3 Å². The predicted molar refractivity (Wildman–Crippen MR) is 499 cm³/mol. The van der Waals surface area contributed by atoms with Crippen molar-refractivity contribution < 1.29 is 98.2 Å². The van der Waals surface area contributed by atoms with Crippen LogP contribution in [0.4, 0.5) is 61.5 Å². The first-order chi connectivity index (χ1) is 61.9. The van der Waals surface area contributed by atoms with Crippen molar-refractivity contribution in [2.75, 3.05) is 151 Å². The van der Waals surface area contributed by atoms with Gasteiger partial charge in [-0.15, -0.1) is 72.7 Å². The Morgan fingerprint density at radius 1 is 0.473 bits per heavy atom. The average Bonchev–Trinajstić information content (AvgIpc) is 1.67. The summed E-state index contributed by atoms with van der Waals surface area (Å²) in [6.45, 7) is 22.3. The summed E-state index contributed by atoms with van der Waals surface area (Å²) in [7, 11) is 16.1. The molecule has 0 saturated carbocycles. The van der Waals surface area contributed by atoms with Crippen LogP contribution in [0.1, 0.15) is 115 Å². The van der Waals surface area contributed by atoms with E-state index >= 15 is 0 Å². The summed E-state index contributed by atoms with van der Waals surface area (Å²) < 4.78 is 103. The van der Waals surface area contributed by atoms with Crippen LogP contribution >= 0.6 is 46.4 Å². The quantitative estimate of drug-likeness (QED) is 0.0117. The molecule has 0 bridgehead atoms. The number of hydrogen-bond donors (Lipinski definition) is 4. The number of carboxylic acid groups (broad SMARTS) is 1. The van der Waals surface area contributed by atoms with Gasteiger partial charge < -0.3 is 79.2 Å². The lowest BCUT2D eigenvalue weighted by atomic mass is 10.1. The van der Waals surface area contributed by atoms with Crippen molar-refractivity contribution in [1.82, 2.24) is 59.6 Å². The lowest BCUT2D eigenvalue weighted by Gasteiger charge is -2.32. The molecule has 39 heteroatoms. The van der Waals surface area contributed by atoms with E-state index in [1.807, 2.05) is 163 Å². The fraction of sp³-hybridized carbons (Fsp3) is 0.522. The Hall–Kier alpha value is -9.65. The molecule has 7 amide bonds. The van der Waals surface area contributed by atoms with Crippen LogP contribution < -0.4 is 25.4 Å². The third kappa shape index (κ3) is 51.8. The molecule has 6 aromatic carbocycles. The van der Waals surface area contributed by atoms with Gasteiger partial charge in [-0.1, -0.05) is 121 Å². The van der Waals surface area contributed by atoms with Gasteiger partial charge in [0.2, 0.25) is 23.8 Å². The molecule has 27 nitrogen and oxygen atoms in total. The van der Waals surface area contributed by atoms with Crippen molar-refractivity contribution in [3.05, 3.63) is 192 Å². The first-order valence-corrected chi connectivity index (χ1v) is 44.4. The summed E-state index contributed by atoms with van der Waals surface area (Å²) in [6, 6.07) is 47.6. The van der Waals surface area contributed by atoms with Gasteiger partial charge in [0.05, 0.1) is 22.4 Å². The lowest BCUT2D eigenvalue weighted by Crippen LogP contribution is -2.50. The second-order valence-electron chi connectivity index (χ2n) is 33.1. The number of nitrogens with one attached hydrogen (secondary N) is 3. The van der Waals surface area contributed by atoms with Crippen molar-refractivity contribution in [2.24, 2.45) is 4.99 Å². The zero-order valence-corrected chi connectivity index (χ0v) is 80.2. The van der Waals surface area contributed by atoms with Crippen molar-refractivity contribution in [2.45, 2.75) is 167 Å². The monoisotopic (exact) mass is 1930 g/mol. The third-order valence-electron chi connectivity index (χ3n) is 19.0. The van der Waals surface area contributed by atoms with E-state index in [4.69, 9.17) is 65.7 Å². The second-order valence-corrected chi connectivity index (χ2v) is 34.7. The first kappa shape index (κ1) is 117. The Labute approximate surface area is 787 Å². The molecule has 0 radical (unpaired) electrons. The summed E-state index contributed by atoms with van der Waals surface area (Å²) in [5, 5.41) is 18.6. The van der Waals surface area contributed by atoms with Gasteiger partial charge >= 0.3 is 36.9 Å². The fourth-order valence-corrected chi connectivity index (χ4v) is 12.9. The highest BCUT2D eigenvalue weighted by molar-refractivity contribution is 6.41. The number of halogens is 12. The Morgan fingerprint density at radius 2 is 0.809 bits per heavy atom.